The van der Waals surface area contributed by atoms with Crippen LogP contribution in [0.4, 0.5) is 0 Å². The lowest BCUT2D eigenvalue weighted by Crippen LogP contribution is -2.38. The van der Waals surface area contributed by atoms with Crippen molar-refractivity contribution in [3.63, 3.8) is 0 Å². The predicted octanol–water partition coefficient (Wildman–Crippen LogP) is 0.160. The Kier molecular flexibility index (Phi) is 13.0. The van der Waals surface area contributed by atoms with Gasteiger partial charge in [-0.25, -0.2) is 0 Å². The van der Waals surface area contributed by atoms with Gasteiger partial charge in [0.1, 0.15) is 6.54 Å². The first-order valence-electron chi connectivity index (χ1n) is 7.44. The molecular formula is C14H24N2O6S. The molecule has 132 valence electrons. The molecule has 0 rings (SSSR count). The van der Waals surface area contributed by atoms with Gasteiger partial charge in [-0.05, 0) is 19.8 Å². The summed E-state index contributed by atoms with van der Waals surface area (Å²) < 4.78 is 5.13. The standard InChI is InChI=1S/C14H24N2O6S/c1-2-22-7-8-23-14(21)6-4-3-5-11(17)15-9-12(18)16-10-13(19)20/h2-10H2,1H3,(H,15,17)(H,16,18)(H,19,20). The van der Waals surface area contributed by atoms with Gasteiger partial charge in [0.15, 0.2) is 5.12 Å². The molecule has 0 aliphatic rings. The molecule has 2 amide bonds. The van der Waals surface area contributed by atoms with E-state index in [2.05, 4.69) is 10.6 Å². The molecule has 9 heteroatoms. The van der Waals surface area contributed by atoms with Crippen LogP contribution in [0.2, 0.25) is 0 Å². The van der Waals surface area contributed by atoms with Gasteiger partial charge in [0, 0.05) is 25.2 Å². The molecule has 23 heavy (non-hydrogen) atoms. The number of carboxylic acid groups (broad SMARTS) is 1. The van der Waals surface area contributed by atoms with Crippen LogP contribution < -0.4 is 10.6 Å². The molecule has 0 atom stereocenters. The molecular weight excluding hydrogens is 324 g/mol. The summed E-state index contributed by atoms with van der Waals surface area (Å²) in [5, 5.41) is 13.0. The number of carbonyl (C=O) groups is 4. The molecule has 0 bridgehead atoms. The first kappa shape index (κ1) is 21.4. The number of nitrogens with one attached hydrogen (secondary N) is 2. The molecule has 0 aromatic rings. The summed E-state index contributed by atoms with van der Waals surface area (Å²) in [6.07, 6.45) is 1.80. The molecule has 3 N–H and O–H groups in total. The van der Waals surface area contributed by atoms with Crippen molar-refractivity contribution in [3.05, 3.63) is 0 Å². The number of thioether (sulfide) groups is 1. The van der Waals surface area contributed by atoms with Crippen LogP contribution in [0.15, 0.2) is 0 Å². The van der Waals surface area contributed by atoms with Gasteiger partial charge in [0.25, 0.3) is 0 Å². The third-order valence-electron chi connectivity index (χ3n) is 2.61. The lowest BCUT2D eigenvalue weighted by Gasteiger charge is -2.05. The van der Waals surface area contributed by atoms with E-state index in [4.69, 9.17) is 9.84 Å². The molecule has 0 unspecified atom stereocenters. The van der Waals surface area contributed by atoms with Gasteiger partial charge in [-0.15, -0.1) is 0 Å². The lowest BCUT2D eigenvalue weighted by atomic mass is 10.2. The van der Waals surface area contributed by atoms with Gasteiger partial charge in [0.2, 0.25) is 11.8 Å². The van der Waals surface area contributed by atoms with Crippen molar-refractivity contribution in [1.82, 2.24) is 10.6 Å². The predicted molar refractivity (Wildman–Crippen MR) is 86.1 cm³/mol. The van der Waals surface area contributed by atoms with Gasteiger partial charge in [0.05, 0.1) is 13.2 Å². The summed E-state index contributed by atoms with van der Waals surface area (Å²) in [5.74, 6) is -1.36. The monoisotopic (exact) mass is 348 g/mol. The van der Waals surface area contributed by atoms with Crippen LogP contribution in [0.25, 0.3) is 0 Å². The van der Waals surface area contributed by atoms with Crippen LogP contribution in [-0.2, 0) is 23.9 Å². The Morgan fingerprint density at radius 3 is 2.30 bits per heavy atom. The van der Waals surface area contributed by atoms with Crippen molar-refractivity contribution in [2.24, 2.45) is 0 Å². The Bertz CT molecular complexity index is 403. The van der Waals surface area contributed by atoms with Crippen LogP contribution in [-0.4, -0.2) is 60.1 Å². The lowest BCUT2D eigenvalue weighted by molar-refractivity contribution is -0.137. The minimum atomic E-state index is -1.14. The van der Waals surface area contributed by atoms with Gasteiger partial charge < -0.3 is 20.5 Å². The van der Waals surface area contributed by atoms with E-state index < -0.39 is 18.4 Å². The van der Waals surface area contributed by atoms with Crippen molar-refractivity contribution in [2.45, 2.75) is 32.6 Å². The van der Waals surface area contributed by atoms with Gasteiger partial charge in [-0.1, -0.05) is 11.8 Å². The first-order valence-corrected chi connectivity index (χ1v) is 8.42. The number of rotatable bonds is 13. The quantitative estimate of drug-likeness (QED) is 0.405. The molecule has 0 fully saturated rings. The molecule has 0 heterocycles. The third-order valence-corrected chi connectivity index (χ3v) is 3.51. The normalized spacial score (nSPS) is 10.1. The Morgan fingerprint density at radius 2 is 1.65 bits per heavy atom. The fourth-order valence-corrected chi connectivity index (χ4v) is 2.21. The summed E-state index contributed by atoms with van der Waals surface area (Å²) in [6.45, 7) is 2.36. The number of carboxylic acids is 1. The van der Waals surface area contributed by atoms with Gasteiger partial charge >= 0.3 is 5.97 Å². The van der Waals surface area contributed by atoms with E-state index in [9.17, 15) is 19.2 Å². The molecule has 0 saturated carbocycles. The zero-order valence-corrected chi connectivity index (χ0v) is 14.1. The molecule has 0 radical (unpaired) electrons. The van der Waals surface area contributed by atoms with Crippen molar-refractivity contribution in [2.75, 3.05) is 32.1 Å². The van der Waals surface area contributed by atoms with E-state index in [0.29, 0.717) is 38.2 Å². The summed E-state index contributed by atoms with van der Waals surface area (Å²) in [7, 11) is 0. The number of unbranched alkanes of at least 4 members (excludes halogenated alkanes) is 1. The number of hydrogen-bond donors (Lipinski definition) is 3. The SMILES string of the molecule is CCOCCSC(=O)CCCCC(=O)NCC(=O)NCC(=O)O. The topological polar surface area (TPSA) is 122 Å². The maximum absolute atomic E-state index is 11.5. The Morgan fingerprint density at radius 1 is 1.00 bits per heavy atom. The molecule has 0 aromatic heterocycles. The number of hydrogen-bond acceptors (Lipinski definition) is 6. The van der Waals surface area contributed by atoms with E-state index in [1.165, 1.54) is 11.8 Å². The van der Waals surface area contributed by atoms with E-state index in [1.54, 1.807) is 0 Å². The number of aliphatic carboxylic acids is 1. The van der Waals surface area contributed by atoms with Crippen molar-refractivity contribution >= 4 is 34.7 Å². The highest BCUT2D eigenvalue weighted by molar-refractivity contribution is 8.13. The summed E-state index contributed by atoms with van der Waals surface area (Å²) in [6, 6.07) is 0. The van der Waals surface area contributed by atoms with E-state index >= 15 is 0 Å². The minimum absolute atomic E-state index is 0.0816. The highest BCUT2D eigenvalue weighted by atomic mass is 32.2. The van der Waals surface area contributed by atoms with E-state index in [1.807, 2.05) is 6.92 Å². The Labute approximate surface area is 139 Å². The van der Waals surface area contributed by atoms with Crippen molar-refractivity contribution in [3.8, 4) is 0 Å². The second-order valence-corrected chi connectivity index (χ2v) is 5.72. The van der Waals surface area contributed by atoms with Crippen LogP contribution >= 0.6 is 11.8 Å². The molecule has 0 aromatic carbocycles. The second-order valence-electron chi connectivity index (χ2n) is 4.57. The minimum Gasteiger partial charge on any atom is -0.480 e. The van der Waals surface area contributed by atoms with Crippen LogP contribution in [0.3, 0.4) is 0 Å². The maximum Gasteiger partial charge on any atom is 0.322 e. The van der Waals surface area contributed by atoms with E-state index in [0.717, 1.165) is 0 Å². The summed E-state index contributed by atoms with van der Waals surface area (Å²) in [4.78, 5) is 44.4. The molecule has 8 nitrogen and oxygen atoms in total. The largest absolute Gasteiger partial charge is 0.480 e. The molecule has 0 aliphatic heterocycles. The summed E-state index contributed by atoms with van der Waals surface area (Å²) in [5.41, 5.74) is 0. The number of amides is 2. The Hall–Kier alpha value is -1.61. The van der Waals surface area contributed by atoms with Gasteiger partial charge in [-0.2, -0.15) is 0 Å². The smallest absolute Gasteiger partial charge is 0.322 e. The molecule has 0 spiro atoms. The molecule has 0 saturated heterocycles. The van der Waals surface area contributed by atoms with Gasteiger partial charge in [-0.3, -0.25) is 19.2 Å². The van der Waals surface area contributed by atoms with Crippen molar-refractivity contribution < 1.29 is 29.0 Å². The highest BCUT2D eigenvalue weighted by Gasteiger charge is 2.07. The van der Waals surface area contributed by atoms with Crippen molar-refractivity contribution in [1.29, 1.82) is 0 Å². The highest BCUT2D eigenvalue weighted by Crippen LogP contribution is 2.09. The zero-order chi connectivity index (χ0) is 17.5. The third kappa shape index (κ3) is 15.1. The van der Waals surface area contributed by atoms with Crippen LogP contribution in [0.1, 0.15) is 32.6 Å². The van der Waals surface area contributed by atoms with E-state index in [-0.39, 0.29) is 24.0 Å². The summed E-state index contributed by atoms with van der Waals surface area (Å²) >= 11 is 1.23. The number of carbonyl (C=O) groups excluding carboxylic acids is 3. The van der Waals surface area contributed by atoms with Crippen LogP contribution in [0, 0.1) is 0 Å². The number of ether oxygens (including phenoxy) is 1. The first-order chi connectivity index (χ1) is 11.0. The fourth-order valence-electron chi connectivity index (χ4n) is 1.49. The average molecular weight is 348 g/mol. The maximum atomic E-state index is 11.5. The Balaban J connectivity index is 3.54. The fraction of sp³-hybridized carbons (Fsp3) is 0.714. The zero-order valence-electron chi connectivity index (χ0n) is 13.3. The average Bonchev–Trinajstić information content (AvgIpc) is 2.51. The van der Waals surface area contributed by atoms with Crippen LogP contribution in [0.5, 0.6) is 0 Å². The molecule has 0 aliphatic carbocycles. The second kappa shape index (κ2) is 14.0.